The lowest BCUT2D eigenvalue weighted by Gasteiger charge is -2.04. The van der Waals surface area contributed by atoms with Gasteiger partial charge in [-0.3, -0.25) is 4.79 Å². The summed E-state index contributed by atoms with van der Waals surface area (Å²) in [5, 5.41) is 0. The van der Waals surface area contributed by atoms with E-state index >= 15 is 0 Å². The van der Waals surface area contributed by atoms with Crippen molar-refractivity contribution < 1.29 is 9.53 Å². The lowest BCUT2D eigenvalue weighted by molar-refractivity contribution is -0.143. The molecule has 0 spiro atoms. The third-order valence-electron chi connectivity index (χ3n) is 4.32. The smallest absolute Gasteiger partial charge is 0.305 e. The Morgan fingerprint density at radius 2 is 1.00 bits per heavy atom. The molecule has 0 unspecified atom stereocenters. The molecule has 0 rings (SSSR count). The zero-order valence-electron chi connectivity index (χ0n) is 15.4. The maximum Gasteiger partial charge on any atom is 0.305 e. The van der Waals surface area contributed by atoms with Crippen molar-refractivity contribution in [2.45, 2.75) is 110 Å². The first kappa shape index (κ1) is 22.8. The van der Waals surface area contributed by atoms with E-state index in [-0.39, 0.29) is 5.97 Å². The van der Waals surface area contributed by atoms with E-state index in [4.69, 9.17) is 16.3 Å². The van der Waals surface area contributed by atoms with E-state index in [9.17, 15) is 4.79 Å². The molecule has 0 aliphatic rings. The molecule has 0 atom stereocenters. The number of hydrogen-bond donors (Lipinski definition) is 0. The van der Waals surface area contributed by atoms with Gasteiger partial charge in [0.1, 0.15) is 0 Å². The van der Waals surface area contributed by atoms with Crippen LogP contribution < -0.4 is 0 Å². The third kappa shape index (κ3) is 19.7. The number of rotatable bonds is 18. The molecule has 0 heterocycles. The highest BCUT2D eigenvalue weighted by Gasteiger charge is 2.00. The largest absolute Gasteiger partial charge is 0.466 e. The number of ether oxygens (including phenoxy) is 1. The Labute approximate surface area is 149 Å². The van der Waals surface area contributed by atoms with Crippen LogP contribution in [0.15, 0.2) is 0 Å². The Balaban J connectivity index is 3.01. The van der Waals surface area contributed by atoms with Crippen LogP contribution in [0.25, 0.3) is 0 Å². The van der Waals surface area contributed by atoms with E-state index in [0.717, 1.165) is 12.3 Å². The first-order valence-electron chi connectivity index (χ1n) is 10.0. The Bertz CT molecular complexity index is 244. The Morgan fingerprint density at radius 1 is 0.652 bits per heavy atom. The van der Waals surface area contributed by atoms with E-state index in [2.05, 4.69) is 0 Å². The first-order valence-corrected chi connectivity index (χ1v) is 10.6. The SMILES string of the molecule is CCOC(=O)CCCCCCCCCCCCCCCCCCl. The van der Waals surface area contributed by atoms with Gasteiger partial charge in [-0.05, 0) is 19.8 Å². The zero-order valence-corrected chi connectivity index (χ0v) is 16.2. The molecular weight excluding hydrogens is 308 g/mol. The number of halogens is 1. The predicted molar refractivity (Wildman–Crippen MR) is 101 cm³/mol. The Kier molecular flexibility index (Phi) is 19.6. The molecule has 0 aliphatic carbocycles. The molecule has 0 saturated carbocycles. The van der Waals surface area contributed by atoms with E-state index in [1.165, 1.54) is 89.9 Å². The van der Waals surface area contributed by atoms with Gasteiger partial charge in [-0.15, -0.1) is 11.6 Å². The molecule has 0 aliphatic heterocycles. The predicted octanol–water partition coefficient (Wildman–Crippen LogP) is 7.03. The fourth-order valence-electron chi connectivity index (χ4n) is 2.90. The summed E-state index contributed by atoms with van der Waals surface area (Å²) in [7, 11) is 0. The van der Waals surface area contributed by atoms with Crippen LogP contribution in [0.2, 0.25) is 0 Å². The van der Waals surface area contributed by atoms with E-state index in [0.29, 0.717) is 13.0 Å². The van der Waals surface area contributed by atoms with Crippen LogP contribution in [0.5, 0.6) is 0 Å². The Hall–Kier alpha value is -0.240. The summed E-state index contributed by atoms with van der Waals surface area (Å²) in [4.78, 5) is 11.2. The van der Waals surface area contributed by atoms with Crippen molar-refractivity contribution in [2.75, 3.05) is 12.5 Å². The van der Waals surface area contributed by atoms with Crippen molar-refractivity contribution in [3.8, 4) is 0 Å². The van der Waals surface area contributed by atoms with Gasteiger partial charge in [0, 0.05) is 12.3 Å². The molecule has 0 saturated heterocycles. The maximum atomic E-state index is 11.2. The van der Waals surface area contributed by atoms with Crippen molar-refractivity contribution >= 4 is 17.6 Å². The topological polar surface area (TPSA) is 26.3 Å². The molecule has 0 N–H and O–H groups in total. The highest BCUT2D eigenvalue weighted by atomic mass is 35.5. The number of hydrogen-bond acceptors (Lipinski definition) is 2. The minimum Gasteiger partial charge on any atom is -0.466 e. The summed E-state index contributed by atoms with van der Waals surface area (Å²) in [5.41, 5.74) is 0. The summed E-state index contributed by atoms with van der Waals surface area (Å²) in [6.07, 6.45) is 20.4. The van der Waals surface area contributed by atoms with Crippen molar-refractivity contribution in [3.63, 3.8) is 0 Å². The monoisotopic (exact) mass is 346 g/mol. The molecule has 0 radical (unpaired) electrons. The molecule has 0 aromatic carbocycles. The molecule has 0 amide bonds. The van der Waals surface area contributed by atoms with Gasteiger partial charge >= 0.3 is 5.97 Å². The van der Waals surface area contributed by atoms with Crippen molar-refractivity contribution in [2.24, 2.45) is 0 Å². The van der Waals surface area contributed by atoms with Crippen molar-refractivity contribution in [1.29, 1.82) is 0 Å². The number of carbonyl (C=O) groups excluding carboxylic acids is 1. The molecule has 2 nitrogen and oxygen atoms in total. The maximum absolute atomic E-state index is 11.2. The van der Waals surface area contributed by atoms with Crippen LogP contribution in [-0.2, 0) is 9.53 Å². The van der Waals surface area contributed by atoms with Crippen LogP contribution in [0.1, 0.15) is 110 Å². The summed E-state index contributed by atoms with van der Waals surface area (Å²) < 4.78 is 4.92. The second-order valence-electron chi connectivity index (χ2n) is 6.55. The molecule has 0 fully saturated rings. The Morgan fingerprint density at radius 3 is 1.35 bits per heavy atom. The second-order valence-corrected chi connectivity index (χ2v) is 6.93. The summed E-state index contributed by atoms with van der Waals surface area (Å²) in [6.45, 7) is 2.37. The normalized spacial score (nSPS) is 10.9. The number of alkyl halides is 1. The average Bonchev–Trinajstić information content (AvgIpc) is 2.54. The van der Waals surface area contributed by atoms with Gasteiger partial charge < -0.3 is 4.74 Å². The lowest BCUT2D eigenvalue weighted by atomic mass is 10.0. The number of unbranched alkanes of at least 4 members (excludes halogenated alkanes) is 14. The second kappa shape index (κ2) is 19.8. The molecule has 23 heavy (non-hydrogen) atoms. The van der Waals surface area contributed by atoms with Crippen LogP contribution in [-0.4, -0.2) is 18.5 Å². The van der Waals surface area contributed by atoms with Crippen LogP contribution in [0.3, 0.4) is 0 Å². The van der Waals surface area contributed by atoms with E-state index < -0.39 is 0 Å². The van der Waals surface area contributed by atoms with Gasteiger partial charge in [-0.2, -0.15) is 0 Å². The van der Waals surface area contributed by atoms with Crippen LogP contribution in [0, 0.1) is 0 Å². The third-order valence-corrected chi connectivity index (χ3v) is 4.59. The first-order chi connectivity index (χ1) is 11.3. The molecule has 0 aromatic heterocycles. The van der Waals surface area contributed by atoms with Gasteiger partial charge in [0.05, 0.1) is 6.61 Å². The minimum absolute atomic E-state index is 0.0356. The molecule has 0 aromatic rings. The fourth-order valence-corrected chi connectivity index (χ4v) is 3.08. The van der Waals surface area contributed by atoms with Gasteiger partial charge in [-0.1, -0.05) is 83.5 Å². The lowest BCUT2D eigenvalue weighted by Crippen LogP contribution is -2.03. The van der Waals surface area contributed by atoms with Crippen LogP contribution >= 0.6 is 11.6 Å². The molecule has 138 valence electrons. The quantitative estimate of drug-likeness (QED) is 0.151. The summed E-state index contributed by atoms with van der Waals surface area (Å²) in [6, 6.07) is 0. The molecular formula is C20H39ClO2. The highest BCUT2D eigenvalue weighted by Crippen LogP contribution is 2.13. The summed E-state index contributed by atoms with van der Waals surface area (Å²) >= 11 is 5.67. The van der Waals surface area contributed by atoms with Gasteiger partial charge in [-0.25, -0.2) is 0 Å². The average molecular weight is 347 g/mol. The van der Waals surface area contributed by atoms with Gasteiger partial charge in [0.2, 0.25) is 0 Å². The van der Waals surface area contributed by atoms with E-state index in [1.807, 2.05) is 6.92 Å². The number of esters is 1. The number of carbonyl (C=O) groups is 1. The zero-order chi connectivity index (χ0) is 17.0. The van der Waals surface area contributed by atoms with Gasteiger partial charge in [0.15, 0.2) is 0 Å². The fraction of sp³-hybridized carbons (Fsp3) is 0.950. The summed E-state index contributed by atoms with van der Waals surface area (Å²) in [5.74, 6) is 0.789. The van der Waals surface area contributed by atoms with Crippen LogP contribution in [0.4, 0.5) is 0 Å². The highest BCUT2D eigenvalue weighted by molar-refractivity contribution is 6.17. The minimum atomic E-state index is -0.0356. The standard InChI is InChI=1S/C20H39ClO2/c1-2-23-20(22)18-16-14-12-10-8-6-4-3-5-7-9-11-13-15-17-19-21/h2-19H2,1H3. The molecule has 3 heteroatoms. The van der Waals surface area contributed by atoms with Crippen molar-refractivity contribution in [1.82, 2.24) is 0 Å². The molecule has 0 bridgehead atoms. The van der Waals surface area contributed by atoms with Gasteiger partial charge in [0.25, 0.3) is 0 Å². The van der Waals surface area contributed by atoms with E-state index in [1.54, 1.807) is 0 Å². The van der Waals surface area contributed by atoms with Crippen molar-refractivity contribution in [3.05, 3.63) is 0 Å².